The first-order valence-electron chi connectivity index (χ1n) is 5.63. The Labute approximate surface area is 90.9 Å². The predicted molar refractivity (Wildman–Crippen MR) is 59.8 cm³/mol. The van der Waals surface area contributed by atoms with E-state index in [-0.39, 0.29) is 6.10 Å². The molecule has 0 saturated heterocycles. The molecule has 3 unspecified atom stereocenters. The van der Waals surface area contributed by atoms with Crippen LogP contribution in [0.15, 0.2) is 24.3 Å². The Kier molecular flexibility index (Phi) is 2.96. The summed E-state index contributed by atoms with van der Waals surface area (Å²) in [7, 11) is 0. The minimum absolute atomic E-state index is 0.319. The SMILES string of the molecule is CCOc1cccc(C(O)C2CC2C)c1. The van der Waals surface area contributed by atoms with Gasteiger partial charge in [-0.25, -0.2) is 0 Å². The monoisotopic (exact) mass is 206 g/mol. The van der Waals surface area contributed by atoms with Crippen LogP contribution in [0.4, 0.5) is 0 Å². The molecule has 3 atom stereocenters. The highest BCUT2D eigenvalue weighted by atomic mass is 16.5. The van der Waals surface area contributed by atoms with Crippen molar-refractivity contribution < 1.29 is 9.84 Å². The largest absolute Gasteiger partial charge is 0.494 e. The minimum atomic E-state index is -0.319. The highest BCUT2D eigenvalue weighted by Crippen LogP contribution is 2.47. The lowest BCUT2D eigenvalue weighted by atomic mass is 10.0. The lowest BCUT2D eigenvalue weighted by Crippen LogP contribution is -2.01. The molecule has 2 heteroatoms. The van der Waals surface area contributed by atoms with E-state index in [1.807, 2.05) is 31.2 Å². The molecule has 0 aromatic heterocycles. The molecule has 0 bridgehead atoms. The van der Waals surface area contributed by atoms with Gasteiger partial charge in [0.1, 0.15) is 5.75 Å². The Morgan fingerprint density at radius 3 is 2.87 bits per heavy atom. The van der Waals surface area contributed by atoms with Crippen molar-refractivity contribution in [2.24, 2.45) is 11.8 Å². The maximum atomic E-state index is 10.1. The lowest BCUT2D eigenvalue weighted by Gasteiger charge is -2.11. The van der Waals surface area contributed by atoms with Gasteiger partial charge < -0.3 is 9.84 Å². The van der Waals surface area contributed by atoms with Crippen molar-refractivity contribution in [2.75, 3.05) is 6.61 Å². The summed E-state index contributed by atoms with van der Waals surface area (Å²) >= 11 is 0. The molecule has 2 rings (SSSR count). The Balaban J connectivity index is 2.10. The molecule has 1 aliphatic rings. The minimum Gasteiger partial charge on any atom is -0.494 e. The third-order valence-electron chi connectivity index (χ3n) is 3.09. The average molecular weight is 206 g/mol. The maximum Gasteiger partial charge on any atom is 0.119 e. The van der Waals surface area contributed by atoms with E-state index in [0.29, 0.717) is 18.4 Å². The van der Waals surface area contributed by atoms with Gasteiger partial charge >= 0.3 is 0 Å². The van der Waals surface area contributed by atoms with E-state index >= 15 is 0 Å². The highest BCUT2D eigenvalue weighted by Gasteiger charge is 2.39. The summed E-state index contributed by atoms with van der Waals surface area (Å²) in [5.41, 5.74) is 0.982. The van der Waals surface area contributed by atoms with E-state index in [0.717, 1.165) is 17.7 Å². The van der Waals surface area contributed by atoms with Crippen molar-refractivity contribution in [3.63, 3.8) is 0 Å². The fourth-order valence-corrected chi connectivity index (χ4v) is 1.99. The fraction of sp³-hybridized carbons (Fsp3) is 0.538. The van der Waals surface area contributed by atoms with E-state index in [1.54, 1.807) is 0 Å². The molecule has 1 N–H and O–H groups in total. The van der Waals surface area contributed by atoms with Gasteiger partial charge in [-0.1, -0.05) is 19.1 Å². The molecule has 1 fully saturated rings. The first-order chi connectivity index (χ1) is 7.22. The van der Waals surface area contributed by atoms with Gasteiger partial charge in [-0.15, -0.1) is 0 Å². The predicted octanol–water partition coefficient (Wildman–Crippen LogP) is 2.77. The number of benzene rings is 1. The van der Waals surface area contributed by atoms with Gasteiger partial charge in [0, 0.05) is 0 Å². The average Bonchev–Trinajstić information content (AvgIpc) is 2.95. The summed E-state index contributed by atoms with van der Waals surface area (Å²) in [6.07, 6.45) is 0.820. The number of rotatable bonds is 4. The van der Waals surface area contributed by atoms with Crippen molar-refractivity contribution in [2.45, 2.75) is 26.4 Å². The van der Waals surface area contributed by atoms with Crippen LogP contribution in [0.5, 0.6) is 5.75 Å². The van der Waals surface area contributed by atoms with Gasteiger partial charge in [-0.3, -0.25) is 0 Å². The number of hydrogen-bond acceptors (Lipinski definition) is 2. The standard InChI is InChI=1S/C13H18O2/c1-3-15-11-6-4-5-10(8-11)13(14)12-7-9(12)2/h4-6,8-9,12-14H,3,7H2,1-2H3. The maximum absolute atomic E-state index is 10.1. The first-order valence-corrected chi connectivity index (χ1v) is 5.63. The van der Waals surface area contributed by atoms with Crippen LogP contribution in [0.1, 0.15) is 31.9 Å². The molecule has 0 aliphatic heterocycles. The quantitative estimate of drug-likeness (QED) is 0.820. The molecule has 1 aromatic carbocycles. The topological polar surface area (TPSA) is 29.5 Å². The van der Waals surface area contributed by atoms with E-state index in [1.165, 1.54) is 0 Å². The number of ether oxygens (including phenoxy) is 1. The van der Waals surface area contributed by atoms with Crippen LogP contribution in [0, 0.1) is 11.8 Å². The molecular formula is C13H18O2. The van der Waals surface area contributed by atoms with Gasteiger partial charge in [0.25, 0.3) is 0 Å². The molecule has 0 radical (unpaired) electrons. The third-order valence-corrected chi connectivity index (χ3v) is 3.09. The molecule has 0 spiro atoms. The van der Waals surface area contributed by atoms with Crippen molar-refractivity contribution >= 4 is 0 Å². The van der Waals surface area contributed by atoms with E-state index < -0.39 is 0 Å². The van der Waals surface area contributed by atoms with Crippen LogP contribution in [0.25, 0.3) is 0 Å². The lowest BCUT2D eigenvalue weighted by molar-refractivity contribution is 0.147. The Bertz CT molecular complexity index is 335. The van der Waals surface area contributed by atoms with Crippen LogP contribution in [-0.4, -0.2) is 11.7 Å². The van der Waals surface area contributed by atoms with Crippen LogP contribution >= 0.6 is 0 Å². The molecule has 1 aliphatic carbocycles. The zero-order chi connectivity index (χ0) is 10.8. The first kappa shape index (κ1) is 10.5. The van der Waals surface area contributed by atoms with Gasteiger partial charge in [0.2, 0.25) is 0 Å². The second kappa shape index (κ2) is 4.23. The summed E-state index contributed by atoms with van der Waals surface area (Å²) < 4.78 is 5.41. The van der Waals surface area contributed by atoms with Crippen molar-refractivity contribution in [3.05, 3.63) is 29.8 Å². The Morgan fingerprint density at radius 2 is 2.27 bits per heavy atom. The summed E-state index contributed by atoms with van der Waals surface area (Å²) in [5, 5.41) is 10.1. The van der Waals surface area contributed by atoms with E-state index in [2.05, 4.69) is 6.92 Å². The summed E-state index contributed by atoms with van der Waals surface area (Å²) in [6.45, 7) is 4.81. The summed E-state index contributed by atoms with van der Waals surface area (Å²) in [4.78, 5) is 0. The summed E-state index contributed by atoms with van der Waals surface area (Å²) in [6, 6.07) is 7.78. The van der Waals surface area contributed by atoms with E-state index in [4.69, 9.17) is 4.74 Å². The van der Waals surface area contributed by atoms with Gasteiger partial charge in [-0.05, 0) is 42.9 Å². The molecule has 0 heterocycles. The molecule has 1 saturated carbocycles. The van der Waals surface area contributed by atoms with Crippen LogP contribution in [0.3, 0.4) is 0 Å². The van der Waals surface area contributed by atoms with Gasteiger partial charge in [0.15, 0.2) is 0 Å². The Hall–Kier alpha value is -1.02. The molecule has 0 amide bonds. The molecule has 2 nitrogen and oxygen atoms in total. The molecule has 1 aromatic rings. The molecular weight excluding hydrogens is 188 g/mol. The van der Waals surface area contributed by atoms with Gasteiger partial charge in [-0.2, -0.15) is 0 Å². The number of aliphatic hydroxyl groups is 1. The highest BCUT2D eigenvalue weighted by molar-refractivity contribution is 5.30. The van der Waals surface area contributed by atoms with Gasteiger partial charge in [0.05, 0.1) is 12.7 Å². The molecule has 15 heavy (non-hydrogen) atoms. The smallest absolute Gasteiger partial charge is 0.119 e. The van der Waals surface area contributed by atoms with Crippen LogP contribution in [0.2, 0.25) is 0 Å². The van der Waals surface area contributed by atoms with E-state index in [9.17, 15) is 5.11 Å². The van der Waals surface area contributed by atoms with Crippen molar-refractivity contribution in [3.8, 4) is 5.75 Å². The third kappa shape index (κ3) is 2.32. The number of aliphatic hydroxyl groups excluding tert-OH is 1. The van der Waals surface area contributed by atoms with Crippen LogP contribution in [-0.2, 0) is 0 Å². The zero-order valence-electron chi connectivity index (χ0n) is 9.31. The molecule has 82 valence electrons. The van der Waals surface area contributed by atoms with Crippen molar-refractivity contribution in [1.29, 1.82) is 0 Å². The second-order valence-electron chi connectivity index (χ2n) is 4.33. The Morgan fingerprint density at radius 1 is 1.53 bits per heavy atom. The number of hydrogen-bond donors (Lipinski definition) is 1. The van der Waals surface area contributed by atoms with Crippen molar-refractivity contribution in [1.82, 2.24) is 0 Å². The second-order valence-corrected chi connectivity index (χ2v) is 4.33. The summed E-state index contributed by atoms with van der Waals surface area (Å²) in [5.74, 6) is 1.96. The van der Waals surface area contributed by atoms with Crippen LogP contribution < -0.4 is 4.74 Å². The normalized spacial score (nSPS) is 26.1. The fourth-order valence-electron chi connectivity index (χ4n) is 1.99. The zero-order valence-corrected chi connectivity index (χ0v) is 9.31.